The minimum Gasteiger partial charge on any atom is -0.0651 e. The van der Waals surface area contributed by atoms with Gasteiger partial charge in [0.15, 0.2) is 0 Å². The fourth-order valence-electron chi connectivity index (χ4n) is 11.7. The van der Waals surface area contributed by atoms with Crippen molar-refractivity contribution in [1.82, 2.24) is 0 Å². The highest BCUT2D eigenvalue weighted by molar-refractivity contribution is 5.18. The van der Waals surface area contributed by atoms with Crippen molar-refractivity contribution < 1.29 is 0 Å². The summed E-state index contributed by atoms with van der Waals surface area (Å²) in [6.45, 7) is 18.8. The van der Waals surface area contributed by atoms with E-state index in [1.54, 1.807) is 12.8 Å². The number of hydrogen-bond donors (Lipinski definition) is 0. The molecule has 5 aliphatic carbocycles. The van der Waals surface area contributed by atoms with Crippen molar-refractivity contribution in [3.63, 3.8) is 0 Å². The average Bonchev–Trinajstić information content (AvgIpc) is 2.98. The van der Waals surface area contributed by atoms with Crippen LogP contribution in [-0.4, -0.2) is 0 Å². The first-order valence-corrected chi connectivity index (χ1v) is 13.5. The summed E-state index contributed by atoms with van der Waals surface area (Å²) in [7, 11) is 0. The Morgan fingerprint density at radius 1 is 0.655 bits per heavy atom. The van der Waals surface area contributed by atoms with E-state index < -0.39 is 0 Å². The minimum atomic E-state index is 0.565. The molecule has 0 bridgehead atoms. The zero-order valence-corrected chi connectivity index (χ0v) is 20.9. The molecule has 0 spiro atoms. The Bertz CT molecular complexity index is 661. The Labute approximate surface area is 182 Å². The van der Waals surface area contributed by atoms with Gasteiger partial charge in [-0.2, -0.15) is 0 Å². The molecule has 9 atom stereocenters. The second-order valence-corrected chi connectivity index (χ2v) is 14.4. The highest BCUT2D eigenvalue weighted by Gasteiger charge is 2.69. The van der Waals surface area contributed by atoms with Crippen LogP contribution in [0.1, 0.15) is 126 Å². The van der Waals surface area contributed by atoms with Crippen LogP contribution in [-0.2, 0) is 0 Å². The Balaban J connectivity index is 1.54. The van der Waals surface area contributed by atoms with Gasteiger partial charge in [0.2, 0.25) is 0 Å². The normalized spacial score (nSPS) is 58.7. The van der Waals surface area contributed by atoms with Gasteiger partial charge < -0.3 is 0 Å². The summed E-state index contributed by atoms with van der Waals surface area (Å²) in [4.78, 5) is 0. The average molecular weight is 399 g/mol. The molecule has 0 amide bonds. The van der Waals surface area contributed by atoms with E-state index in [1.807, 2.05) is 0 Å². The van der Waals surface area contributed by atoms with Gasteiger partial charge in [-0.1, -0.05) is 61.3 Å². The van der Waals surface area contributed by atoms with Crippen LogP contribution in [0.25, 0.3) is 0 Å². The predicted octanol–water partition coefficient (Wildman–Crippen LogP) is 8.89. The lowest BCUT2D eigenvalue weighted by Gasteiger charge is -2.72. The van der Waals surface area contributed by atoms with E-state index in [-0.39, 0.29) is 0 Å². The minimum absolute atomic E-state index is 0.565. The highest BCUT2D eigenvalue weighted by atomic mass is 14.7. The third-order valence-electron chi connectivity index (χ3n) is 13.3. The smallest absolute Gasteiger partial charge is 0.0235 e. The third kappa shape index (κ3) is 2.50. The summed E-state index contributed by atoms with van der Waals surface area (Å²) < 4.78 is 0. The van der Waals surface area contributed by atoms with Gasteiger partial charge in [0.25, 0.3) is 0 Å². The van der Waals surface area contributed by atoms with Gasteiger partial charge in [0.05, 0.1) is 0 Å². The summed E-state index contributed by atoms with van der Waals surface area (Å²) in [6, 6.07) is 0. The Hall–Kier alpha value is 0. The molecule has 0 aromatic heterocycles. The van der Waals surface area contributed by atoms with Crippen LogP contribution >= 0.6 is 0 Å². The summed E-state index contributed by atoms with van der Waals surface area (Å²) in [5, 5.41) is 0. The maximum absolute atomic E-state index is 2.81. The van der Waals surface area contributed by atoms with Crippen LogP contribution in [0.2, 0.25) is 0 Å². The molecule has 0 heteroatoms. The Kier molecular flexibility index (Phi) is 4.52. The van der Waals surface area contributed by atoms with Crippen LogP contribution < -0.4 is 0 Å². The van der Waals surface area contributed by atoms with Crippen LogP contribution in [0.5, 0.6) is 0 Å². The largest absolute Gasteiger partial charge is 0.0651 e. The van der Waals surface area contributed by atoms with Crippen LogP contribution in [0, 0.1) is 56.7 Å². The lowest BCUT2D eigenvalue weighted by atomic mass is 9.32. The fraction of sp³-hybridized carbons (Fsp3) is 1.00. The molecule has 0 heterocycles. The zero-order valence-electron chi connectivity index (χ0n) is 20.9. The van der Waals surface area contributed by atoms with Gasteiger partial charge in [-0.15, -0.1) is 0 Å². The molecule has 0 radical (unpaired) electrons. The van der Waals surface area contributed by atoms with Gasteiger partial charge in [-0.05, 0) is 121 Å². The lowest BCUT2D eigenvalue weighted by Crippen LogP contribution is -2.65. The van der Waals surface area contributed by atoms with Crippen molar-refractivity contribution in [3.8, 4) is 0 Å². The van der Waals surface area contributed by atoms with Gasteiger partial charge >= 0.3 is 0 Å². The number of fused-ring (bicyclic) bond motifs is 7. The Morgan fingerprint density at radius 2 is 1.41 bits per heavy atom. The molecule has 29 heavy (non-hydrogen) atoms. The lowest BCUT2D eigenvalue weighted by molar-refractivity contribution is -0.236. The number of hydrogen-bond acceptors (Lipinski definition) is 0. The maximum Gasteiger partial charge on any atom is -0.0235 e. The molecule has 0 saturated heterocycles. The van der Waals surface area contributed by atoms with Gasteiger partial charge in [-0.25, -0.2) is 0 Å². The standard InChI is InChI=1S/C29H50/c1-8-20-12-16-26(4)18-19-28(6)21(24(20)26)10-11-23-27(5)15-9-14-25(2,3)22(27)13-17-29(23,28)7/h20-24H,8-19H2,1-7H3/t20-,21-,22+,23-,24-,26-,27+,28-,29-/m1/s1. The second kappa shape index (κ2) is 6.28. The molecule has 5 saturated carbocycles. The molecule has 0 unspecified atom stereocenters. The molecular formula is C29H50. The second-order valence-electron chi connectivity index (χ2n) is 14.4. The highest BCUT2D eigenvalue weighted by Crippen LogP contribution is 2.77. The topological polar surface area (TPSA) is 0 Å². The summed E-state index contributed by atoms with van der Waals surface area (Å²) in [6.07, 6.45) is 18.1. The first-order valence-electron chi connectivity index (χ1n) is 13.5. The number of rotatable bonds is 1. The molecule has 166 valence electrons. The van der Waals surface area contributed by atoms with Crippen molar-refractivity contribution in [1.29, 1.82) is 0 Å². The van der Waals surface area contributed by atoms with E-state index in [0.717, 1.165) is 29.6 Å². The fourth-order valence-corrected chi connectivity index (χ4v) is 11.7. The molecule has 0 aromatic rings. The van der Waals surface area contributed by atoms with Gasteiger partial charge in [0, 0.05) is 0 Å². The van der Waals surface area contributed by atoms with Gasteiger partial charge in [-0.3, -0.25) is 0 Å². The van der Waals surface area contributed by atoms with Crippen molar-refractivity contribution >= 4 is 0 Å². The van der Waals surface area contributed by atoms with E-state index in [9.17, 15) is 0 Å². The maximum atomic E-state index is 2.81. The molecular weight excluding hydrogens is 348 g/mol. The first-order chi connectivity index (χ1) is 13.5. The zero-order chi connectivity index (χ0) is 20.9. The summed E-state index contributed by atoms with van der Waals surface area (Å²) >= 11 is 0. The molecule has 0 N–H and O–H groups in total. The van der Waals surface area contributed by atoms with Crippen molar-refractivity contribution in [2.24, 2.45) is 56.7 Å². The van der Waals surface area contributed by atoms with E-state index in [4.69, 9.17) is 0 Å². The van der Waals surface area contributed by atoms with E-state index >= 15 is 0 Å². The van der Waals surface area contributed by atoms with Crippen molar-refractivity contribution in [2.75, 3.05) is 0 Å². The monoisotopic (exact) mass is 398 g/mol. The van der Waals surface area contributed by atoms with Crippen LogP contribution in [0.3, 0.4) is 0 Å². The van der Waals surface area contributed by atoms with E-state index in [1.165, 1.54) is 64.2 Å². The first kappa shape index (κ1) is 20.9. The molecule has 0 aliphatic heterocycles. The molecule has 5 aliphatic rings. The molecule has 0 nitrogen and oxygen atoms in total. The molecule has 5 fully saturated rings. The predicted molar refractivity (Wildman–Crippen MR) is 125 cm³/mol. The molecule has 0 aromatic carbocycles. The van der Waals surface area contributed by atoms with Crippen LogP contribution in [0.4, 0.5) is 0 Å². The molecule has 5 rings (SSSR count). The summed E-state index contributed by atoms with van der Waals surface area (Å²) in [5.74, 6) is 4.99. The van der Waals surface area contributed by atoms with Crippen molar-refractivity contribution in [3.05, 3.63) is 0 Å². The van der Waals surface area contributed by atoms with Crippen molar-refractivity contribution in [2.45, 2.75) is 126 Å². The van der Waals surface area contributed by atoms with E-state index in [0.29, 0.717) is 27.1 Å². The Morgan fingerprint density at radius 3 is 2.14 bits per heavy atom. The SMILES string of the molecule is CC[C@@H]1CC[C@]2(C)CC[C@]3(C)[C@H](CC[C@@H]4[C@@]5(C)CCCC(C)(C)[C@@H]5CC[C@]43C)[C@@H]12. The van der Waals surface area contributed by atoms with Gasteiger partial charge in [0.1, 0.15) is 0 Å². The van der Waals surface area contributed by atoms with Crippen LogP contribution in [0.15, 0.2) is 0 Å². The van der Waals surface area contributed by atoms with E-state index in [2.05, 4.69) is 48.5 Å². The summed E-state index contributed by atoms with van der Waals surface area (Å²) in [5.41, 5.74) is 3.01. The third-order valence-corrected chi connectivity index (χ3v) is 13.3. The quantitative estimate of drug-likeness (QED) is 0.413.